The van der Waals surface area contributed by atoms with E-state index >= 15 is 0 Å². The molecular formula is C16H25NO3S. The summed E-state index contributed by atoms with van der Waals surface area (Å²) in [5.41, 5.74) is 2.60. The molecule has 1 aromatic carbocycles. The van der Waals surface area contributed by atoms with Gasteiger partial charge < -0.3 is 5.11 Å². The highest BCUT2D eigenvalue weighted by atomic mass is 32.2. The molecule has 0 aliphatic heterocycles. The molecule has 1 aliphatic carbocycles. The third-order valence-corrected chi connectivity index (χ3v) is 6.59. The van der Waals surface area contributed by atoms with Gasteiger partial charge in [0.1, 0.15) is 0 Å². The van der Waals surface area contributed by atoms with Gasteiger partial charge in [-0.15, -0.1) is 0 Å². The van der Waals surface area contributed by atoms with E-state index in [1.165, 1.54) is 4.31 Å². The highest BCUT2D eigenvalue weighted by Gasteiger charge is 2.35. The van der Waals surface area contributed by atoms with Crippen molar-refractivity contribution in [2.75, 3.05) is 7.05 Å². The number of nitrogens with zero attached hydrogens (tertiary/aromatic N) is 1. The van der Waals surface area contributed by atoms with Crippen LogP contribution in [0.1, 0.15) is 42.4 Å². The molecule has 1 aliphatic rings. The number of rotatable bonds is 3. The zero-order chi connectivity index (χ0) is 15.8. The van der Waals surface area contributed by atoms with Crippen LogP contribution in [-0.4, -0.2) is 37.0 Å². The van der Waals surface area contributed by atoms with Crippen LogP contribution in [-0.2, 0) is 10.0 Å². The summed E-state index contributed by atoms with van der Waals surface area (Å²) in [4.78, 5) is 0.383. The molecule has 1 saturated carbocycles. The summed E-state index contributed by atoms with van der Waals surface area (Å²) in [6, 6.07) is 3.47. The van der Waals surface area contributed by atoms with E-state index in [9.17, 15) is 13.5 Å². The second-order valence-corrected chi connectivity index (χ2v) is 8.10. The molecule has 0 saturated heterocycles. The average Bonchev–Trinajstić information content (AvgIpc) is 2.36. The number of likely N-dealkylation sites (N-methyl/N-ethyl adjacent to an activating group) is 1. The van der Waals surface area contributed by atoms with Gasteiger partial charge in [-0.3, -0.25) is 0 Å². The van der Waals surface area contributed by atoms with E-state index in [0.29, 0.717) is 11.3 Å². The maximum absolute atomic E-state index is 12.9. The van der Waals surface area contributed by atoms with Gasteiger partial charge in [0.25, 0.3) is 0 Å². The van der Waals surface area contributed by atoms with Gasteiger partial charge in [-0.25, -0.2) is 8.42 Å². The molecule has 2 unspecified atom stereocenters. The zero-order valence-corrected chi connectivity index (χ0v) is 14.1. The Hall–Kier alpha value is -0.910. The second-order valence-electron chi connectivity index (χ2n) is 6.17. The minimum absolute atomic E-state index is 0.316. The van der Waals surface area contributed by atoms with Crippen molar-refractivity contribution in [3.8, 4) is 0 Å². The lowest BCUT2D eigenvalue weighted by Gasteiger charge is -2.35. The van der Waals surface area contributed by atoms with Gasteiger partial charge in [-0.1, -0.05) is 30.5 Å². The maximum Gasteiger partial charge on any atom is 0.243 e. The molecule has 1 fully saturated rings. The topological polar surface area (TPSA) is 57.6 Å². The first-order valence-electron chi connectivity index (χ1n) is 7.49. The summed E-state index contributed by atoms with van der Waals surface area (Å²) in [5.74, 6) is 0. The third kappa shape index (κ3) is 3.15. The first kappa shape index (κ1) is 16.5. The standard InChI is InChI=1S/C16H25NO3S/c1-11-9-12(2)16(13(3)10-11)21(19,20)17(4)14-7-5-6-8-15(14)18/h9-10,14-15,18H,5-8H2,1-4H3. The smallest absolute Gasteiger partial charge is 0.243 e. The highest BCUT2D eigenvalue weighted by Crippen LogP contribution is 2.30. The van der Waals surface area contributed by atoms with Gasteiger partial charge in [0, 0.05) is 7.05 Å². The second kappa shape index (κ2) is 6.07. The van der Waals surface area contributed by atoms with Gasteiger partial charge in [-0.05, 0) is 44.7 Å². The number of sulfonamides is 1. The molecule has 2 atom stereocenters. The van der Waals surface area contributed by atoms with Crippen LogP contribution in [0.25, 0.3) is 0 Å². The van der Waals surface area contributed by atoms with Crippen LogP contribution in [0, 0.1) is 20.8 Å². The van der Waals surface area contributed by atoms with E-state index in [1.807, 2.05) is 32.9 Å². The molecule has 1 N–H and O–H groups in total. The van der Waals surface area contributed by atoms with Crippen LogP contribution in [0.4, 0.5) is 0 Å². The first-order chi connectivity index (χ1) is 9.75. The van der Waals surface area contributed by atoms with Crippen molar-refractivity contribution in [1.82, 2.24) is 4.31 Å². The molecule has 0 radical (unpaired) electrons. The van der Waals surface area contributed by atoms with Gasteiger partial charge >= 0.3 is 0 Å². The van der Waals surface area contributed by atoms with Crippen LogP contribution < -0.4 is 0 Å². The Morgan fingerprint density at radius 1 is 1.10 bits per heavy atom. The third-order valence-electron chi connectivity index (χ3n) is 4.40. The minimum atomic E-state index is -3.58. The Morgan fingerprint density at radius 3 is 2.14 bits per heavy atom. The predicted octanol–water partition coefficient (Wildman–Crippen LogP) is 2.54. The van der Waals surface area contributed by atoms with Crippen molar-refractivity contribution in [1.29, 1.82) is 0 Å². The molecule has 5 heteroatoms. The van der Waals surface area contributed by atoms with Crippen molar-refractivity contribution < 1.29 is 13.5 Å². The Morgan fingerprint density at radius 2 is 1.62 bits per heavy atom. The summed E-state index contributed by atoms with van der Waals surface area (Å²) < 4.78 is 27.3. The average molecular weight is 311 g/mol. The van der Waals surface area contributed by atoms with Crippen molar-refractivity contribution in [2.24, 2.45) is 0 Å². The van der Waals surface area contributed by atoms with E-state index in [-0.39, 0.29) is 6.04 Å². The van der Waals surface area contributed by atoms with E-state index in [0.717, 1.165) is 36.0 Å². The van der Waals surface area contributed by atoms with Crippen molar-refractivity contribution in [3.63, 3.8) is 0 Å². The molecule has 0 aromatic heterocycles. The predicted molar refractivity (Wildman–Crippen MR) is 83.9 cm³/mol. The largest absolute Gasteiger partial charge is 0.391 e. The molecule has 2 rings (SSSR count). The van der Waals surface area contributed by atoms with E-state index in [2.05, 4.69) is 0 Å². The van der Waals surface area contributed by atoms with E-state index < -0.39 is 16.1 Å². The van der Waals surface area contributed by atoms with Gasteiger partial charge in [0.15, 0.2) is 0 Å². The van der Waals surface area contributed by atoms with Gasteiger partial charge in [0.2, 0.25) is 10.0 Å². The lowest BCUT2D eigenvalue weighted by atomic mass is 9.93. The number of aryl methyl sites for hydroxylation is 3. The number of aliphatic hydroxyl groups excluding tert-OH is 1. The minimum Gasteiger partial charge on any atom is -0.391 e. The Bertz CT molecular complexity index is 601. The fraction of sp³-hybridized carbons (Fsp3) is 0.625. The molecule has 4 nitrogen and oxygen atoms in total. The molecule has 118 valence electrons. The van der Waals surface area contributed by atoms with Crippen LogP contribution >= 0.6 is 0 Å². The molecule has 1 aromatic rings. The fourth-order valence-electron chi connectivity index (χ4n) is 3.41. The summed E-state index contributed by atoms with van der Waals surface area (Å²) >= 11 is 0. The molecule has 0 amide bonds. The van der Waals surface area contributed by atoms with Crippen LogP contribution in [0.5, 0.6) is 0 Å². The monoisotopic (exact) mass is 311 g/mol. The lowest BCUT2D eigenvalue weighted by molar-refractivity contribution is 0.0637. The molecule has 0 heterocycles. The van der Waals surface area contributed by atoms with Crippen molar-refractivity contribution in [2.45, 2.75) is 63.5 Å². The molecule has 0 spiro atoms. The molecular weight excluding hydrogens is 286 g/mol. The van der Waals surface area contributed by atoms with Crippen LogP contribution in [0.2, 0.25) is 0 Å². The Balaban J connectivity index is 2.42. The highest BCUT2D eigenvalue weighted by molar-refractivity contribution is 7.89. The zero-order valence-electron chi connectivity index (χ0n) is 13.3. The molecule has 21 heavy (non-hydrogen) atoms. The number of hydrogen-bond acceptors (Lipinski definition) is 3. The van der Waals surface area contributed by atoms with E-state index in [1.54, 1.807) is 7.05 Å². The van der Waals surface area contributed by atoms with E-state index in [4.69, 9.17) is 0 Å². The first-order valence-corrected chi connectivity index (χ1v) is 8.93. The van der Waals surface area contributed by atoms with Gasteiger partial charge in [0.05, 0.1) is 17.0 Å². The van der Waals surface area contributed by atoms with Crippen molar-refractivity contribution >= 4 is 10.0 Å². The Kier molecular flexibility index (Phi) is 4.76. The number of aliphatic hydroxyl groups is 1. The summed E-state index contributed by atoms with van der Waals surface area (Å²) in [7, 11) is -1.99. The van der Waals surface area contributed by atoms with Crippen LogP contribution in [0.3, 0.4) is 0 Å². The quantitative estimate of drug-likeness (QED) is 0.933. The number of benzene rings is 1. The lowest BCUT2D eigenvalue weighted by Crippen LogP contribution is -2.46. The van der Waals surface area contributed by atoms with Gasteiger partial charge in [-0.2, -0.15) is 4.31 Å². The number of hydrogen-bond donors (Lipinski definition) is 1. The molecule has 0 bridgehead atoms. The Labute approximate surface area is 127 Å². The van der Waals surface area contributed by atoms with Crippen molar-refractivity contribution in [3.05, 3.63) is 28.8 Å². The normalized spacial score (nSPS) is 23.5. The summed E-state index contributed by atoms with van der Waals surface area (Å²) in [6.07, 6.45) is 2.77. The maximum atomic E-state index is 12.9. The SMILES string of the molecule is Cc1cc(C)c(S(=O)(=O)N(C)C2CCCCC2O)c(C)c1. The fourth-order valence-corrected chi connectivity index (χ4v) is 5.23. The van der Waals surface area contributed by atoms with Crippen LogP contribution in [0.15, 0.2) is 17.0 Å². The summed E-state index contributed by atoms with van der Waals surface area (Å²) in [6.45, 7) is 5.63. The summed E-state index contributed by atoms with van der Waals surface area (Å²) in [5, 5.41) is 10.1.